The fraction of sp³-hybridized carbons (Fsp3) is 0.636. The third-order valence-electron chi connectivity index (χ3n) is 5.63. The van der Waals surface area contributed by atoms with Gasteiger partial charge in [-0.15, -0.1) is 0 Å². The summed E-state index contributed by atoms with van der Waals surface area (Å²) < 4.78 is 16.8. The minimum Gasteiger partial charge on any atom is -0.484 e. The van der Waals surface area contributed by atoms with Gasteiger partial charge in [0, 0.05) is 25.4 Å². The number of amides is 2. The molecule has 0 aromatic heterocycles. The van der Waals surface area contributed by atoms with Crippen molar-refractivity contribution in [3.05, 3.63) is 24.3 Å². The second kappa shape index (κ2) is 10.1. The summed E-state index contributed by atoms with van der Waals surface area (Å²) >= 11 is 0. The van der Waals surface area contributed by atoms with E-state index in [1.807, 2.05) is 6.92 Å². The SMILES string of the molecule is CCO[C@@]1(C(=O)Nc2ccc(OCC(=O)N3CCOCC3)cc2)CCC[C@@H](C)C1. The van der Waals surface area contributed by atoms with Crippen molar-refractivity contribution in [1.29, 1.82) is 0 Å². The Morgan fingerprint density at radius 2 is 1.97 bits per heavy atom. The van der Waals surface area contributed by atoms with E-state index in [2.05, 4.69) is 12.2 Å². The maximum atomic E-state index is 13.0. The lowest BCUT2D eigenvalue weighted by atomic mass is 9.78. The van der Waals surface area contributed by atoms with E-state index in [-0.39, 0.29) is 18.4 Å². The number of morpholine rings is 1. The summed E-state index contributed by atoms with van der Waals surface area (Å²) in [7, 11) is 0. The number of benzene rings is 1. The van der Waals surface area contributed by atoms with Crippen LogP contribution in [0.3, 0.4) is 0 Å². The van der Waals surface area contributed by atoms with Gasteiger partial charge >= 0.3 is 0 Å². The van der Waals surface area contributed by atoms with Gasteiger partial charge in [0.05, 0.1) is 13.2 Å². The van der Waals surface area contributed by atoms with Gasteiger partial charge in [0.15, 0.2) is 6.61 Å². The van der Waals surface area contributed by atoms with E-state index in [9.17, 15) is 9.59 Å². The van der Waals surface area contributed by atoms with Crippen LogP contribution in [0.1, 0.15) is 39.5 Å². The monoisotopic (exact) mass is 404 g/mol. The standard InChI is InChI=1S/C22H32N2O5/c1-3-29-22(10-4-5-17(2)15-22)21(26)23-18-6-8-19(9-7-18)28-16-20(25)24-11-13-27-14-12-24/h6-9,17H,3-5,10-16H2,1-2H3,(H,23,26)/t17-,22+/m1/s1. The molecule has 2 aliphatic rings. The quantitative estimate of drug-likeness (QED) is 0.756. The normalized spacial score (nSPS) is 24.8. The smallest absolute Gasteiger partial charge is 0.260 e. The average Bonchev–Trinajstić information content (AvgIpc) is 2.74. The van der Waals surface area contributed by atoms with Crippen molar-refractivity contribution in [1.82, 2.24) is 4.90 Å². The number of nitrogens with zero attached hydrogens (tertiary/aromatic N) is 1. The van der Waals surface area contributed by atoms with Crippen LogP contribution < -0.4 is 10.1 Å². The van der Waals surface area contributed by atoms with E-state index in [4.69, 9.17) is 14.2 Å². The highest BCUT2D eigenvalue weighted by molar-refractivity contribution is 5.97. The first-order chi connectivity index (χ1) is 14.0. The third kappa shape index (κ3) is 5.70. The highest BCUT2D eigenvalue weighted by Gasteiger charge is 2.42. The fourth-order valence-corrected chi connectivity index (χ4v) is 4.11. The predicted molar refractivity (Wildman–Crippen MR) is 110 cm³/mol. The molecule has 2 amide bonds. The molecule has 0 unspecified atom stereocenters. The van der Waals surface area contributed by atoms with Crippen molar-refractivity contribution in [3.8, 4) is 5.75 Å². The molecule has 1 saturated heterocycles. The van der Waals surface area contributed by atoms with Gasteiger partial charge in [-0.3, -0.25) is 9.59 Å². The van der Waals surface area contributed by atoms with Crippen molar-refractivity contribution >= 4 is 17.5 Å². The summed E-state index contributed by atoms with van der Waals surface area (Å²) in [4.78, 5) is 26.9. The number of anilines is 1. The molecular weight excluding hydrogens is 372 g/mol. The molecule has 7 heteroatoms. The lowest BCUT2D eigenvalue weighted by Gasteiger charge is -2.38. The Balaban J connectivity index is 1.54. The zero-order valence-electron chi connectivity index (χ0n) is 17.4. The minimum atomic E-state index is -0.744. The molecule has 1 aliphatic heterocycles. The Morgan fingerprint density at radius 3 is 2.62 bits per heavy atom. The maximum absolute atomic E-state index is 13.0. The molecular formula is C22H32N2O5. The van der Waals surface area contributed by atoms with Crippen LogP contribution in [0, 0.1) is 5.92 Å². The number of carbonyl (C=O) groups is 2. The van der Waals surface area contributed by atoms with E-state index >= 15 is 0 Å². The van der Waals surface area contributed by atoms with Crippen molar-refractivity contribution in [3.63, 3.8) is 0 Å². The first-order valence-corrected chi connectivity index (χ1v) is 10.6. The molecule has 0 spiro atoms. The lowest BCUT2D eigenvalue weighted by Crippen LogP contribution is -2.48. The molecule has 2 fully saturated rings. The Bertz CT molecular complexity index is 683. The Morgan fingerprint density at radius 1 is 1.24 bits per heavy atom. The van der Waals surface area contributed by atoms with Gasteiger partial charge in [-0.1, -0.05) is 13.3 Å². The molecule has 1 aliphatic carbocycles. The molecule has 1 heterocycles. The van der Waals surface area contributed by atoms with Crippen LogP contribution >= 0.6 is 0 Å². The second-order valence-electron chi connectivity index (χ2n) is 7.89. The summed E-state index contributed by atoms with van der Waals surface area (Å²) in [5, 5.41) is 2.99. The van der Waals surface area contributed by atoms with Gasteiger partial charge in [-0.25, -0.2) is 0 Å². The molecule has 0 bridgehead atoms. The summed E-state index contributed by atoms with van der Waals surface area (Å²) in [6.45, 7) is 6.97. The number of ether oxygens (including phenoxy) is 3. The number of hydrogen-bond donors (Lipinski definition) is 1. The van der Waals surface area contributed by atoms with Crippen molar-refractivity contribution in [2.75, 3.05) is 44.8 Å². The van der Waals surface area contributed by atoms with E-state index in [1.165, 1.54) is 0 Å². The van der Waals surface area contributed by atoms with Crippen LogP contribution in [0.2, 0.25) is 0 Å². The molecule has 2 atom stereocenters. The number of rotatable bonds is 7. The zero-order chi connectivity index (χ0) is 20.7. The zero-order valence-corrected chi connectivity index (χ0v) is 17.4. The molecule has 7 nitrogen and oxygen atoms in total. The molecule has 29 heavy (non-hydrogen) atoms. The Hall–Kier alpha value is -2.12. The van der Waals surface area contributed by atoms with Gasteiger partial charge < -0.3 is 24.4 Å². The summed E-state index contributed by atoms with van der Waals surface area (Å²) in [5.41, 5.74) is -0.0502. The first-order valence-electron chi connectivity index (χ1n) is 10.6. The highest BCUT2D eigenvalue weighted by Crippen LogP contribution is 2.36. The van der Waals surface area contributed by atoms with Crippen LogP contribution in [0.15, 0.2) is 24.3 Å². The molecule has 160 valence electrons. The van der Waals surface area contributed by atoms with E-state index in [1.54, 1.807) is 29.2 Å². The van der Waals surface area contributed by atoms with Crippen LogP contribution in [0.5, 0.6) is 5.75 Å². The summed E-state index contributed by atoms with van der Waals surface area (Å²) in [5.74, 6) is 0.939. The van der Waals surface area contributed by atoms with E-state index in [0.29, 0.717) is 50.3 Å². The lowest BCUT2D eigenvalue weighted by molar-refractivity contribution is -0.147. The minimum absolute atomic E-state index is 0.00293. The highest BCUT2D eigenvalue weighted by atomic mass is 16.5. The van der Waals surface area contributed by atoms with E-state index < -0.39 is 5.60 Å². The maximum Gasteiger partial charge on any atom is 0.260 e. The molecule has 0 radical (unpaired) electrons. The average molecular weight is 405 g/mol. The molecule has 1 aromatic carbocycles. The topological polar surface area (TPSA) is 77.1 Å². The largest absolute Gasteiger partial charge is 0.484 e. The van der Waals surface area contributed by atoms with Gasteiger partial charge in [-0.05, 0) is 56.4 Å². The predicted octanol–water partition coefficient (Wildman–Crippen LogP) is 2.85. The van der Waals surface area contributed by atoms with Gasteiger partial charge in [0.1, 0.15) is 11.4 Å². The first kappa shape index (κ1) is 21.6. The molecule has 3 rings (SSSR count). The molecule has 1 N–H and O–H groups in total. The van der Waals surface area contributed by atoms with Crippen molar-refractivity contribution < 1.29 is 23.8 Å². The number of carbonyl (C=O) groups excluding carboxylic acids is 2. The van der Waals surface area contributed by atoms with Crippen LogP contribution in [0.4, 0.5) is 5.69 Å². The number of hydrogen-bond acceptors (Lipinski definition) is 5. The van der Waals surface area contributed by atoms with Crippen LogP contribution in [-0.4, -0.2) is 61.8 Å². The summed E-state index contributed by atoms with van der Waals surface area (Å²) in [6.07, 6.45) is 3.63. The van der Waals surface area contributed by atoms with Gasteiger partial charge in [0.2, 0.25) is 0 Å². The van der Waals surface area contributed by atoms with E-state index in [0.717, 1.165) is 25.7 Å². The van der Waals surface area contributed by atoms with Crippen LogP contribution in [0.25, 0.3) is 0 Å². The third-order valence-corrected chi connectivity index (χ3v) is 5.63. The van der Waals surface area contributed by atoms with Gasteiger partial charge in [-0.2, -0.15) is 0 Å². The van der Waals surface area contributed by atoms with Crippen LogP contribution in [-0.2, 0) is 19.1 Å². The van der Waals surface area contributed by atoms with Crippen molar-refractivity contribution in [2.45, 2.75) is 45.1 Å². The van der Waals surface area contributed by atoms with Gasteiger partial charge in [0.25, 0.3) is 11.8 Å². The fourth-order valence-electron chi connectivity index (χ4n) is 4.11. The molecule has 1 saturated carbocycles. The molecule has 1 aromatic rings. The number of nitrogens with one attached hydrogen (secondary N) is 1. The summed E-state index contributed by atoms with van der Waals surface area (Å²) in [6, 6.07) is 7.11. The Kier molecular flexibility index (Phi) is 7.50. The Labute approximate surface area is 172 Å². The second-order valence-corrected chi connectivity index (χ2v) is 7.89. The van der Waals surface area contributed by atoms with Crippen molar-refractivity contribution in [2.24, 2.45) is 5.92 Å².